The van der Waals surface area contributed by atoms with E-state index in [2.05, 4.69) is 10.9 Å². The molecule has 0 saturated carbocycles. The standard InChI is InChI=1S/C12H13N3O2/c1-5-9-8(3)15-7-10(11(16)17-6-2)14(4)12(15)13-9/h1,7H,6H2,2-4H3. The summed E-state index contributed by atoms with van der Waals surface area (Å²) in [5, 5.41) is 0. The molecule has 0 aliphatic carbocycles. The van der Waals surface area contributed by atoms with Crippen molar-refractivity contribution in [3.05, 3.63) is 23.3 Å². The number of hydrogen-bond acceptors (Lipinski definition) is 3. The van der Waals surface area contributed by atoms with Crippen LogP contribution in [0.25, 0.3) is 5.78 Å². The predicted octanol–water partition coefficient (Wildman–Crippen LogP) is 1.14. The van der Waals surface area contributed by atoms with Crippen LogP contribution < -0.4 is 0 Å². The fourth-order valence-corrected chi connectivity index (χ4v) is 1.74. The average Bonchev–Trinajstić information content (AvgIpc) is 2.78. The molecule has 88 valence electrons. The average molecular weight is 231 g/mol. The molecule has 0 aliphatic rings. The summed E-state index contributed by atoms with van der Waals surface area (Å²) < 4.78 is 8.43. The number of aromatic nitrogens is 3. The highest BCUT2D eigenvalue weighted by Crippen LogP contribution is 2.15. The van der Waals surface area contributed by atoms with Crippen LogP contribution in [0.5, 0.6) is 0 Å². The normalized spacial score (nSPS) is 10.5. The van der Waals surface area contributed by atoms with E-state index < -0.39 is 0 Å². The highest BCUT2D eigenvalue weighted by molar-refractivity contribution is 5.88. The van der Waals surface area contributed by atoms with E-state index in [1.807, 2.05) is 6.92 Å². The Kier molecular flexibility index (Phi) is 2.64. The molecule has 0 fully saturated rings. The first-order chi connectivity index (χ1) is 8.10. The van der Waals surface area contributed by atoms with Gasteiger partial charge in [0.05, 0.1) is 12.3 Å². The molecule has 0 N–H and O–H groups in total. The van der Waals surface area contributed by atoms with Gasteiger partial charge >= 0.3 is 5.97 Å². The molecule has 17 heavy (non-hydrogen) atoms. The Morgan fingerprint density at radius 3 is 2.88 bits per heavy atom. The minimum atomic E-state index is -0.359. The van der Waals surface area contributed by atoms with E-state index in [4.69, 9.17) is 11.2 Å². The van der Waals surface area contributed by atoms with Crippen LogP contribution in [0.2, 0.25) is 0 Å². The zero-order chi connectivity index (χ0) is 12.6. The van der Waals surface area contributed by atoms with Gasteiger partial charge in [-0.25, -0.2) is 9.78 Å². The minimum Gasteiger partial charge on any atom is -0.461 e. The molecule has 2 aromatic rings. The number of terminal acetylenes is 1. The van der Waals surface area contributed by atoms with Gasteiger partial charge in [0.25, 0.3) is 0 Å². The van der Waals surface area contributed by atoms with Gasteiger partial charge in [-0.1, -0.05) is 0 Å². The molecule has 0 bridgehead atoms. The number of rotatable bonds is 2. The van der Waals surface area contributed by atoms with Crippen LogP contribution in [0.15, 0.2) is 6.20 Å². The van der Waals surface area contributed by atoms with Crippen molar-refractivity contribution in [1.82, 2.24) is 14.0 Å². The second-order valence-corrected chi connectivity index (χ2v) is 3.65. The van der Waals surface area contributed by atoms with Crippen LogP contribution >= 0.6 is 0 Å². The first kappa shape index (κ1) is 11.3. The number of nitrogens with zero attached hydrogens (tertiary/aromatic N) is 3. The van der Waals surface area contributed by atoms with Gasteiger partial charge in [-0.3, -0.25) is 4.40 Å². The molecule has 0 saturated heterocycles. The van der Waals surface area contributed by atoms with E-state index >= 15 is 0 Å². The van der Waals surface area contributed by atoms with Gasteiger partial charge in [-0.15, -0.1) is 6.42 Å². The summed E-state index contributed by atoms with van der Waals surface area (Å²) in [6.45, 7) is 3.98. The molecule has 0 atom stereocenters. The van der Waals surface area contributed by atoms with Crippen LogP contribution in [-0.4, -0.2) is 26.5 Å². The van der Waals surface area contributed by atoms with Gasteiger partial charge < -0.3 is 9.30 Å². The molecule has 2 rings (SSSR count). The zero-order valence-corrected chi connectivity index (χ0v) is 10.0. The van der Waals surface area contributed by atoms with Crippen molar-refractivity contribution in [2.75, 3.05) is 6.61 Å². The predicted molar refractivity (Wildman–Crippen MR) is 62.8 cm³/mol. The lowest BCUT2D eigenvalue weighted by Gasteiger charge is -2.01. The van der Waals surface area contributed by atoms with Crippen molar-refractivity contribution >= 4 is 11.7 Å². The Balaban J connectivity index is 2.60. The third-order valence-electron chi connectivity index (χ3n) is 2.67. The lowest BCUT2D eigenvalue weighted by atomic mass is 10.3. The Morgan fingerprint density at radius 1 is 1.65 bits per heavy atom. The molecule has 0 amide bonds. The zero-order valence-electron chi connectivity index (χ0n) is 10.0. The van der Waals surface area contributed by atoms with Gasteiger partial charge in [0.15, 0.2) is 0 Å². The molecule has 5 heteroatoms. The summed E-state index contributed by atoms with van der Waals surface area (Å²) in [4.78, 5) is 15.9. The second kappa shape index (κ2) is 3.98. The highest BCUT2D eigenvalue weighted by atomic mass is 16.5. The minimum absolute atomic E-state index is 0.348. The molecule has 2 heterocycles. The summed E-state index contributed by atoms with van der Waals surface area (Å²) in [6.07, 6.45) is 7.03. The summed E-state index contributed by atoms with van der Waals surface area (Å²) in [7, 11) is 1.76. The molecule has 0 spiro atoms. The first-order valence-corrected chi connectivity index (χ1v) is 5.28. The van der Waals surface area contributed by atoms with E-state index in [0.717, 1.165) is 5.69 Å². The summed E-state index contributed by atoms with van der Waals surface area (Å²) in [6, 6.07) is 0. The maximum Gasteiger partial charge on any atom is 0.356 e. The lowest BCUT2D eigenvalue weighted by molar-refractivity contribution is 0.0515. The molecule has 0 aliphatic heterocycles. The lowest BCUT2D eigenvalue weighted by Crippen LogP contribution is -2.09. The summed E-state index contributed by atoms with van der Waals surface area (Å²) >= 11 is 0. The SMILES string of the molecule is C#Cc1nc2n(C)c(C(=O)OCC)cn2c1C. The van der Waals surface area contributed by atoms with E-state index in [1.54, 1.807) is 29.1 Å². The Bertz CT molecular complexity index is 628. The van der Waals surface area contributed by atoms with Crippen LogP contribution in [0, 0.1) is 19.3 Å². The van der Waals surface area contributed by atoms with E-state index in [-0.39, 0.29) is 5.97 Å². The van der Waals surface area contributed by atoms with Gasteiger partial charge in [-0.05, 0) is 19.8 Å². The van der Waals surface area contributed by atoms with Crippen LogP contribution in [0.3, 0.4) is 0 Å². The third-order valence-corrected chi connectivity index (χ3v) is 2.67. The van der Waals surface area contributed by atoms with Gasteiger partial charge in [0.2, 0.25) is 5.78 Å². The van der Waals surface area contributed by atoms with Gasteiger partial charge in [0.1, 0.15) is 11.4 Å². The monoisotopic (exact) mass is 231 g/mol. The van der Waals surface area contributed by atoms with E-state index in [0.29, 0.717) is 23.8 Å². The molecule has 5 nitrogen and oxygen atoms in total. The second-order valence-electron chi connectivity index (χ2n) is 3.65. The Hall–Kier alpha value is -2.22. The molecule has 0 unspecified atom stereocenters. The third kappa shape index (κ3) is 1.58. The maximum atomic E-state index is 11.7. The number of carbonyl (C=O) groups is 1. The molecule has 0 radical (unpaired) electrons. The molecular weight excluding hydrogens is 218 g/mol. The van der Waals surface area contributed by atoms with Crippen LogP contribution in [0.4, 0.5) is 0 Å². The highest BCUT2D eigenvalue weighted by Gasteiger charge is 2.18. The van der Waals surface area contributed by atoms with Crippen molar-refractivity contribution in [3.8, 4) is 12.3 Å². The number of aryl methyl sites for hydroxylation is 2. The van der Waals surface area contributed by atoms with Crippen molar-refractivity contribution in [3.63, 3.8) is 0 Å². The number of fused-ring (bicyclic) bond motifs is 1. The fourth-order valence-electron chi connectivity index (χ4n) is 1.74. The smallest absolute Gasteiger partial charge is 0.356 e. The van der Waals surface area contributed by atoms with Crippen molar-refractivity contribution in [2.45, 2.75) is 13.8 Å². The topological polar surface area (TPSA) is 48.5 Å². The van der Waals surface area contributed by atoms with Gasteiger partial charge in [-0.2, -0.15) is 0 Å². The number of hydrogen-bond donors (Lipinski definition) is 0. The molecule has 2 aromatic heterocycles. The van der Waals surface area contributed by atoms with E-state index in [9.17, 15) is 4.79 Å². The van der Waals surface area contributed by atoms with E-state index in [1.165, 1.54) is 0 Å². The number of imidazole rings is 2. The number of esters is 1. The summed E-state index contributed by atoms with van der Waals surface area (Å²) in [5.74, 6) is 2.79. The van der Waals surface area contributed by atoms with Crippen molar-refractivity contribution in [2.24, 2.45) is 7.05 Å². The molecule has 0 aromatic carbocycles. The fraction of sp³-hybridized carbons (Fsp3) is 0.333. The summed E-state index contributed by atoms with van der Waals surface area (Å²) in [5.41, 5.74) is 1.89. The first-order valence-electron chi connectivity index (χ1n) is 5.28. The Labute approximate surface area is 99.0 Å². The van der Waals surface area contributed by atoms with Crippen molar-refractivity contribution < 1.29 is 9.53 Å². The van der Waals surface area contributed by atoms with Gasteiger partial charge in [0, 0.05) is 13.2 Å². The quantitative estimate of drug-likeness (QED) is 0.575. The number of ether oxygens (including phenoxy) is 1. The number of carbonyl (C=O) groups excluding carboxylic acids is 1. The Morgan fingerprint density at radius 2 is 2.35 bits per heavy atom. The van der Waals surface area contributed by atoms with Crippen LogP contribution in [0.1, 0.15) is 28.8 Å². The maximum absolute atomic E-state index is 11.7. The van der Waals surface area contributed by atoms with Crippen molar-refractivity contribution in [1.29, 1.82) is 0 Å². The van der Waals surface area contributed by atoms with Crippen LogP contribution in [-0.2, 0) is 11.8 Å². The molecular formula is C12H13N3O2. The largest absolute Gasteiger partial charge is 0.461 e.